The summed E-state index contributed by atoms with van der Waals surface area (Å²) in [5, 5.41) is 6.97. The van der Waals surface area contributed by atoms with Gasteiger partial charge in [-0.1, -0.05) is 43.3 Å². The lowest BCUT2D eigenvalue weighted by Crippen LogP contribution is -2.12. The zero-order valence-electron chi connectivity index (χ0n) is 16.2. The molecule has 0 fully saturated rings. The van der Waals surface area contributed by atoms with Crippen LogP contribution in [0.2, 0.25) is 0 Å². The Morgan fingerprint density at radius 2 is 1.79 bits per heavy atom. The lowest BCUT2D eigenvalue weighted by atomic mass is 10.0. The van der Waals surface area contributed by atoms with E-state index in [4.69, 9.17) is 4.52 Å². The molecule has 0 unspecified atom stereocenters. The summed E-state index contributed by atoms with van der Waals surface area (Å²) in [4.78, 5) is 21.2. The molecule has 0 aliphatic carbocycles. The van der Waals surface area contributed by atoms with Gasteiger partial charge < -0.3 is 9.84 Å². The Balaban J connectivity index is 1.59. The highest BCUT2D eigenvalue weighted by molar-refractivity contribution is 6.06. The Hall–Kier alpha value is -3.80. The summed E-state index contributed by atoms with van der Waals surface area (Å²) < 4.78 is 5.43. The Kier molecular flexibility index (Phi) is 5.16. The summed E-state index contributed by atoms with van der Waals surface area (Å²) in [6, 6.07) is 18.6. The van der Waals surface area contributed by atoms with E-state index in [1.807, 2.05) is 60.7 Å². The van der Waals surface area contributed by atoms with Gasteiger partial charge in [-0.15, -0.1) is 0 Å². The first kappa shape index (κ1) is 18.6. The molecular weight excluding hydrogens is 364 g/mol. The molecule has 29 heavy (non-hydrogen) atoms. The predicted octanol–water partition coefficient (Wildman–Crippen LogP) is 5.17. The van der Waals surface area contributed by atoms with Gasteiger partial charge in [-0.25, -0.2) is 0 Å². The van der Waals surface area contributed by atoms with E-state index in [9.17, 15) is 4.79 Å². The van der Waals surface area contributed by atoms with Crippen LogP contribution in [0.1, 0.15) is 35.7 Å². The quantitative estimate of drug-likeness (QED) is 0.513. The van der Waals surface area contributed by atoms with Crippen molar-refractivity contribution in [2.45, 2.75) is 19.8 Å². The summed E-state index contributed by atoms with van der Waals surface area (Å²) in [6.07, 6.45) is 3.35. The fourth-order valence-corrected chi connectivity index (χ4v) is 2.94. The largest absolute Gasteiger partial charge is 0.334 e. The number of amides is 1. The van der Waals surface area contributed by atoms with Crippen LogP contribution in [-0.2, 0) is 0 Å². The monoisotopic (exact) mass is 384 g/mol. The number of para-hydroxylation sites is 1. The second-order valence-electron chi connectivity index (χ2n) is 6.94. The van der Waals surface area contributed by atoms with Gasteiger partial charge in [0.05, 0.1) is 11.3 Å². The first-order valence-corrected chi connectivity index (χ1v) is 9.36. The molecule has 2 aromatic carbocycles. The number of carbonyl (C=O) groups is 1. The van der Waals surface area contributed by atoms with Crippen LogP contribution >= 0.6 is 0 Å². The van der Waals surface area contributed by atoms with Crippen LogP contribution in [0.3, 0.4) is 0 Å². The number of aromatic nitrogens is 3. The molecule has 0 spiro atoms. The predicted molar refractivity (Wildman–Crippen MR) is 111 cm³/mol. The van der Waals surface area contributed by atoms with Crippen molar-refractivity contribution in [2.75, 3.05) is 5.32 Å². The molecule has 0 saturated heterocycles. The van der Waals surface area contributed by atoms with Gasteiger partial charge in [0.2, 0.25) is 5.82 Å². The summed E-state index contributed by atoms with van der Waals surface area (Å²) in [5.41, 5.74) is 3.80. The summed E-state index contributed by atoms with van der Waals surface area (Å²) in [6.45, 7) is 4.24. The van der Waals surface area contributed by atoms with Crippen LogP contribution in [0.25, 0.3) is 22.8 Å². The molecule has 4 rings (SSSR count). The normalized spacial score (nSPS) is 10.9. The number of nitrogens with zero attached hydrogens (tertiary/aromatic N) is 3. The van der Waals surface area contributed by atoms with Gasteiger partial charge in [0.25, 0.3) is 11.8 Å². The Labute approximate surface area is 168 Å². The molecule has 6 nitrogen and oxygen atoms in total. The third kappa shape index (κ3) is 4.06. The SMILES string of the molecule is CC(C)c1ccc(C(=O)Nc2ccccc2-c2nc(-c3cccnc3)no2)cc1. The summed E-state index contributed by atoms with van der Waals surface area (Å²) >= 11 is 0. The van der Waals surface area contributed by atoms with Gasteiger partial charge in [-0.3, -0.25) is 9.78 Å². The maximum atomic E-state index is 12.7. The average Bonchev–Trinajstić information content (AvgIpc) is 3.25. The van der Waals surface area contributed by atoms with E-state index < -0.39 is 0 Å². The van der Waals surface area contributed by atoms with Crippen molar-refractivity contribution in [3.63, 3.8) is 0 Å². The first-order valence-electron chi connectivity index (χ1n) is 9.36. The summed E-state index contributed by atoms with van der Waals surface area (Å²) in [7, 11) is 0. The third-order valence-corrected chi connectivity index (χ3v) is 4.59. The number of benzene rings is 2. The Bertz CT molecular complexity index is 1120. The van der Waals surface area contributed by atoms with E-state index in [2.05, 4.69) is 34.3 Å². The molecule has 0 bridgehead atoms. The highest BCUT2D eigenvalue weighted by Gasteiger charge is 2.16. The Morgan fingerprint density at radius 3 is 2.52 bits per heavy atom. The molecule has 1 N–H and O–H groups in total. The molecule has 1 amide bonds. The highest BCUT2D eigenvalue weighted by atomic mass is 16.5. The highest BCUT2D eigenvalue weighted by Crippen LogP contribution is 2.28. The molecule has 2 heterocycles. The zero-order chi connectivity index (χ0) is 20.2. The number of pyridine rings is 1. The van der Waals surface area contributed by atoms with Crippen molar-refractivity contribution in [1.29, 1.82) is 0 Å². The standard InChI is InChI=1S/C23H20N4O2/c1-15(2)16-9-11-17(12-10-16)22(28)25-20-8-4-3-7-19(20)23-26-21(27-29-23)18-6-5-13-24-14-18/h3-15H,1-2H3,(H,25,28). The van der Waals surface area contributed by atoms with E-state index in [1.165, 1.54) is 5.56 Å². The van der Waals surface area contributed by atoms with E-state index in [0.717, 1.165) is 5.56 Å². The molecule has 4 aromatic rings. The van der Waals surface area contributed by atoms with Crippen LogP contribution in [-0.4, -0.2) is 21.0 Å². The van der Waals surface area contributed by atoms with Gasteiger partial charge in [0.1, 0.15) is 0 Å². The minimum absolute atomic E-state index is 0.195. The van der Waals surface area contributed by atoms with Crippen molar-refractivity contribution >= 4 is 11.6 Å². The van der Waals surface area contributed by atoms with Crippen molar-refractivity contribution in [3.05, 3.63) is 84.2 Å². The zero-order valence-corrected chi connectivity index (χ0v) is 16.2. The summed E-state index contributed by atoms with van der Waals surface area (Å²) in [5.74, 6) is 0.993. The number of nitrogens with one attached hydrogen (secondary N) is 1. The molecule has 6 heteroatoms. The van der Waals surface area contributed by atoms with E-state index in [1.54, 1.807) is 12.4 Å². The minimum atomic E-state index is -0.195. The van der Waals surface area contributed by atoms with Crippen molar-refractivity contribution in [1.82, 2.24) is 15.1 Å². The number of carbonyl (C=O) groups excluding carboxylic acids is 1. The minimum Gasteiger partial charge on any atom is -0.334 e. The van der Waals surface area contributed by atoms with Crippen LogP contribution in [0.15, 0.2) is 77.6 Å². The fraction of sp³-hybridized carbons (Fsp3) is 0.130. The molecule has 0 atom stereocenters. The van der Waals surface area contributed by atoms with Crippen LogP contribution in [0, 0.1) is 0 Å². The van der Waals surface area contributed by atoms with Crippen LogP contribution in [0.4, 0.5) is 5.69 Å². The van der Waals surface area contributed by atoms with Gasteiger partial charge in [0.15, 0.2) is 0 Å². The van der Waals surface area contributed by atoms with Crippen molar-refractivity contribution in [2.24, 2.45) is 0 Å². The number of anilines is 1. The molecule has 144 valence electrons. The maximum absolute atomic E-state index is 12.7. The lowest BCUT2D eigenvalue weighted by Gasteiger charge is -2.10. The van der Waals surface area contributed by atoms with Crippen LogP contribution in [0.5, 0.6) is 0 Å². The molecule has 0 saturated carbocycles. The average molecular weight is 384 g/mol. The van der Waals surface area contributed by atoms with Crippen molar-refractivity contribution in [3.8, 4) is 22.8 Å². The second-order valence-corrected chi connectivity index (χ2v) is 6.94. The van der Waals surface area contributed by atoms with Crippen LogP contribution < -0.4 is 5.32 Å². The lowest BCUT2D eigenvalue weighted by molar-refractivity contribution is 0.102. The molecule has 2 aromatic heterocycles. The molecule has 0 radical (unpaired) electrons. The van der Waals surface area contributed by atoms with Gasteiger partial charge in [-0.05, 0) is 47.9 Å². The van der Waals surface area contributed by atoms with Gasteiger partial charge in [0, 0.05) is 23.5 Å². The first-order chi connectivity index (χ1) is 14.1. The van der Waals surface area contributed by atoms with Gasteiger partial charge in [-0.2, -0.15) is 4.98 Å². The van der Waals surface area contributed by atoms with E-state index in [-0.39, 0.29) is 5.91 Å². The molecular formula is C23H20N4O2. The van der Waals surface area contributed by atoms with E-state index in [0.29, 0.717) is 34.4 Å². The second kappa shape index (κ2) is 8.06. The smallest absolute Gasteiger partial charge is 0.260 e. The Morgan fingerprint density at radius 1 is 1.00 bits per heavy atom. The van der Waals surface area contributed by atoms with Gasteiger partial charge >= 0.3 is 0 Å². The number of hydrogen-bond acceptors (Lipinski definition) is 5. The molecule has 0 aliphatic heterocycles. The number of hydrogen-bond donors (Lipinski definition) is 1. The maximum Gasteiger partial charge on any atom is 0.260 e. The fourth-order valence-electron chi connectivity index (χ4n) is 2.94. The van der Waals surface area contributed by atoms with Crippen molar-refractivity contribution < 1.29 is 9.32 Å². The van der Waals surface area contributed by atoms with E-state index >= 15 is 0 Å². The molecule has 0 aliphatic rings. The third-order valence-electron chi connectivity index (χ3n) is 4.59. The number of rotatable bonds is 5. The topological polar surface area (TPSA) is 80.9 Å².